The number of carbonyl (C=O) groups excluding carboxylic acids is 1. The van der Waals surface area contributed by atoms with E-state index in [1.807, 2.05) is 0 Å². The van der Waals surface area contributed by atoms with E-state index < -0.39 is 22.8 Å². The van der Waals surface area contributed by atoms with Crippen LogP contribution in [0.25, 0.3) is 0 Å². The maximum Gasteiger partial charge on any atom is 0.311 e. The fourth-order valence-corrected chi connectivity index (χ4v) is 1.53. The largest absolute Gasteiger partial charge is 0.504 e. The number of ether oxygens (including phenoxy) is 1. The molecule has 0 unspecified atom stereocenters. The Balaban J connectivity index is 2.66. The van der Waals surface area contributed by atoms with Crippen LogP contribution in [0.1, 0.15) is 27.7 Å². The molecule has 116 valence electrons. The molecule has 1 aromatic carbocycles. The molecule has 0 aromatic heterocycles. The predicted octanol–water partition coefficient (Wildman–Crippen LogP) is 1.78. The van der Waals surface area contributed by atoms with Crippen molar-refractivity contribution in [3.05, 3.63) is 24.3 Å². The van der Waals surface area contributed by atoms with Gasteiger partial charge in [0.25, 0.3) is 5.91 Å². The molecule has 0 saturated heterocycles. The Kier molecular flexibility index (Phi) is 4.83. The summed E-state index contributed by atoms with van der Waals surface area (Å²) in [4.78, 5) is 23.2. The van der Waals surface area contributed by atoms with E-state index in [9.17, 15) is 19.8 Å². The number of amides is 1. The first-order valence-electron chi connectivity index (χ1n) is 6.53. The summed E-state index contributed by atoms with van der Waals surface area (Å²) in [5, 5.41) is 21.4. The van der Waals surface area contributed by atoms with Crippen LogP contribution in [0.5, 0.6) is 11.5 Å². The molecule has 0 heterocycles. The molecule has 6 nitrogen and oxygen atoms in total. The minimum Gasteiger partial charge on any atom is -0.504 e. The van der Waals surface area contributed by atoms with Crippen molar-refractivity contribution in [1.82, 2.24) is 5.32 Å². The van der Waals surface area contributed by atoms with Crippen LogP contribution in [0.15, 0.2) is 24.3 Å². The van der Waals surface area contributed by atoms with Gasteiger partial charge < -0.3 is 20.3 Å². The normalized spacial score (nSPS) is 11.8. The number of phenols is 1. The van der Waals surface area contributed by atoms with Gasteiger partial charge in [0.05, 0.1) is 11.0 Å². The average molecular weight is 295 g/mol. The van der Waals surface area contributed by atoms with Crippen molar-refractivity contribution in [3.8, 4) is 11.5 Å². The molecule has 0 aliphatic rings. The van der Waals surface area contributed by atoms with Crippen molar-refractivity contribution in [2.24, 2.45) is 5.41 Å². The number of benzene rings is 1. The summed E-state index contributed by atoms with van der Waals surface area (Å²) in [6.07, 6.45) is 0. The second-order valence-corrected chi connectivity index (χ2v) is 5.86. The minimum absolute atomic E-state index is 0.0598. The Hall–Kier alpha value is -2.24. The summed E-state index contributed by atoms with van der Waals surface area (Å²) in [6.45, 7) is 6.05. The Labute approximate surface area is 123 Å². The summed E-state index contributed by atoms with van der Waals surface area (Å²) in [5.41, 5.74) is -2.10. The molecule has 0 aliphatic carbocycles. The van der Waals surface area contributed by atoms with E-state index >= 15 is 0 Å². The summed E-state index contributed by atoms with van der Waals surface area (Å²) in [7, 11) is 0. The Bertz CT molecular complexity index is 537. The number of carbonyl (C=O) groups is 2. The van der Waals surface area contributed by atoms with Gasteiger partial charge in [0.15, 0.2) is 18.1 Å². The van der Waals surface area contributed by atoms with Crippen molar-refractivity contribution in [1.29, 1.82) is 0 Å². The fraction of sp³-hybridized carbons (Fsp3) is 0.467. The lowest BCUT2D eigenvalue weighted by molar-refractivity contribution is -0.152. The highest BCUT2D eigenvalue weighted by Gasteiger charge is 2.44. The van der Waals surface area contributed by atoms with E-state index in [2.05, 4.69) is 5.32 Å². The summed E-state index contributed by atoms with van der Waals surface area (Å²) < 4.78 is 5.21. The zero-order valence-corrected chi connectivity index (χ0v) is 12.6. The highest BCUT2D eigenvalue weighted by Crippen LogP contribution is 2.30. The summed E-state index contributed by atoms with van der Waals surface area (Å²) >= 11 is 0. The van der Waals surface area contributed by atoms with Crippen LogP contribution in [0.2, 0.25) is 0 Å². The second kappa shape index (κ2) is 6.03. The number of aromatic hydroxyl groups is 1. The molecular weight excluding hydrogens is 274 g/mol. The van der Waals surface area contributed by atoms with Crippen molar-refractivity contribution < 1.29 is 24.5 Å². The maximum atomic E-state index is 11.9. The lowest BCUT2D eigenvalue weighted by Crippen LogP contribution is -2.57. The first-order valence-corrected chi connectivity index (χ1v) is 6.53. The molecule has 0 atom stereocenters. The molecule has 0 spiro atoms. The van der Waals surface area contributed by atoms with E-state index in [-0.39, 0.29) is 18.1 Å². The molecule has 1 aromatic rings. The monoisotopic (exact) mass is 295 g/mol. The molecule has 6 heteroatoms. The number of hydrogen-bond acceptors (Lipinski definition) is 4. The van der Waals surface area contributed by atoms with Gasteiger partial charge in [-0.25, -0.2) is 0 Å². The smallest absolute Gasteiger partial charge is 0.311 e. The highest BCUT2D eigenvalue weighted by atomic mass is 16.5. The van der Waals surface area contributed by atoms with Crippen LogP contribution in [-0.4, -0.2) is 34.2 Å². The number of carboxylic acid groups (broad SMARTS) is 1. The van der Waals surface area contributed by atoms with Gasteiger partial charge in [-0.05, 0) is 39.8 Å². The van der Waals surface area contributed by atoms with Crippen LogP contribution in [0, 0.1) is 5.41 Å². The number of rotatable bonds is 6. The summed E-state index contributed by atoms with van der Waals surface area (Å²) in [5.74, 6) is -1.33. The zero-order valence-electron chi connectivity index (χ0n) is 12.6. The standard InChI is InChI=1S/C15H21NO5/c1-14(2,13(19)20)15(3,4)16-12(18)9-21-11-8-6-5-7-10(11)17/h5-8,17H,9H2,1-4H3,(H,16,18)(H,19,20). The van der Waals surface area contributed by atoms with Crippen LogP contribution < -0.4 is 10.1 Å². The Morgan fingerprint density at radius 2 is 1.76 bits per heavy atom. The topological polar surface area (TPSA) is 95.9 Å². The quantitative estimate of drug-likeness (QED) is 0.743. The van der Waals surface area contributed by atoms with E-state index in [4.69, 9.17) is 4.74 Å². The number of hydrogen-bond donors (Lipinski definition) is 3. The second-order valence-electron chi connectivity index (χ2n) is 5.86. The van der Waals surface area contributed by atoms with Gasteiger partial charge in [0, 0.05) is 0 Å². The molecule has 0 saturated carbocycles. The van der Waals surface area contributed by atoms with Gasteiger partial charge in [-0.3, -0.25) is 9.59 Å². The number of carboxylic acids is 1. The molecule has 0 aliphatic heterocycles. The van der Waals surface area contributed by atoms with Gasteiger partial charge in [-0.2, -0.15) is 0 Å². The Morgan fingerprint density at radius 3 is 2.29 bits per heavy atom. The van der Waals surface area contributed by atoms with Gasteiger partial charge in [0.1, 0.15) is 0 Å². The van der Waals surface area contributed by atoms with Gasteiger partial charge in [0.2, 0.25) is 0 Å². The first-order chi connectivity index (χ1) is 9.58. The van der Waals surface area contributed by atoms with E-state index in [0.717, 1.165) is 0 Å². The van der Waals surface area contributed by atoms with Crippen LogP contribution >= 0.6 is 0 Å². The highest BCUT2D eigenvalue weighted by molar-refractivity contribution is 5.81. The average Bonchev–Trinajstić information content (AvgIpc) is 2.36. The van der Waals surface area contributed by atoms with Crippen molar-refractivity contribution in [2.45, 2.75) is 33.2 Å². The molecule has 1 amide bonds. The molecule has 0 fully saturated rings. The molecular formula is C15H21NO5. The van der Waals surface area contributed by atoms with E-state index in [0.29, 0.717) is 0 Å². The molecule has 0 radical (unpaired) electrons. The van der Waals surface area contributed by atoms with E-state index in [1.165, 1.54) is 12.1 Å². The number of phenolic OH excluding ortho intramolecular Hbond substituents is 1. The van der Waals surface area contributed by atoms with Gasteiger partial charge in [-0.1, -0.05) is 12.1 Å². The lowest BCUT2D eigenvalue weighted by Gasteiger charge is -2.38. The first kappa shape index (κ1) is 16.8. The van der Waals surface area contributed by atoms with Gasteiger partial charge in [-0.15, -0.1) is 0 Å². The maximum absolute atomic E-state index is 11.9. The van der Waals surface area contributed by atoms with E-state index in [1.54, 1.807) is 39.8 Å². The van der Waals surface area contributed by atoms with Crippen LogP contribution in [0.3, 0.4) is 0 Å². The fourth-order valence-electron chi connectivity index (χ4n) is 1.53. The van der Waals surface area contributed by atoms with Crippen molar-refractivity contribution in [2.75, 3.05) is 6.61 Å². The van der Waals surface area contributed by atoms with Crippen molar-refractivity contribution in [3.63, 3.8) is 0 Å². The van der Waals surface area contributed by atoms with Gasteiger partial charge >= 0.3 is 5.97 Å². The zero-order chi connectivity index (χ0) is 16.3. The Morgan fingerprint density at radius 1 is 1.19 bits per heavy atom. The molecule has 21 heavy (non-hydrogen) atoms. The molecule has 0 bridgehead atoms. The van der Waals surface area contributed by atoms with Crippen molar-refractivity contribution >= 4 is 11.9 Å². The third-order valence-corrected chi connectivity index (χ3v) is 3.77. The summed E-state index contributed by atoms with van der Waals surface area (Å²) in [6, 6.07) is 6.30. The third-order valence-electron chi connectivity index (χ3n) is 3.77. The third kappa shape index (κ3) is 3.87. The minimum atomic E-state index is -1.14. The predicted molar refractivity (Wildman–Crippen MR) is 77.2 cm³/mol. The lowest BCUT2D eigenvalue weighted by atomic mass is 9.74. The molecule has 1 rings (SSSR count). The number of nitrogens with one attached hydrogen (secondary N) is 1. The number of para-hydroxylation sites is 2. The molecule has 3 N–H and O–H groups in total. The van der Waals surface area contributed by atoms with Crippen LogP contribution in [-0.2, 0) is 9.59 Å². The number of aliphatic carboxylic acids is 1. The SMILES string of the molecule is CC(C)(NC(=O)COc1ccccc1O)C(C)(C)C(=O)O. The van der Waals surface area contributed by atoms with Crippen LogP contribution in [0.4, 0.5) is 0 Å².